The molecule has 0 fully saturated rings. The summed E-state index contributed by atoms with van der Waals surface area (Å²) in [4.78, 5) is 6.40. The fourth-order valence-corrected chi connectivity index (χ4v) is 2.81. The van der Waals surface area contributed by atoms with Crippen molar-refractivity contribution in [2.24, 2.45) is 10.7 Å². The second-order valence-corrected chi connectivity index (χ2v) is 6.84. The topological polar surface area (TPSA) is 50.8 Å². The largest absolute Gasteiger partial charge is 0.429 e. The van der Waals surface area contributed by atoms with Crippen LogP contribution in [0.5, 0.6) is 5.75 Å². The lowest BCUT2D eigenvalue weighted by molar-refractivity contribution is 0.357. The van der Waals surface area contributed by atoms with Gasteiger partial charge in [-0.15, -0.1) is 0 Å². The number of nitrogens with two attached hydrogens (primary N) is 1. The van der Waals surface area contributed by atoms with Gasteiger partial charge >= 0.3 is 0 Å². The Labute approximate surface area is 165 Å². The molecule has 0 aliphatic rings. The Hall–Kier alpha value is -1.95. The average Bonchev–Trinajstić information content (AvgIpc) is 2.63. The molecular weight excluding hydrogens is 366 g/mol. The molecule has 0 atom stereocenters. The summed E-state index contributed by atoms with van der Waals surface area (Å²) in [6.07, 6.45) is 0.930. The van der Waals surface area contributed by atoms with Crippen LogP contribution in [-0.2, 0) is 6.42 Å². The van der Waals surface area contributed by atoms with E-state index < -0.39 is 0 Å². The molecule has 0 aromatic heterocycles. The zero-order chi connectivity index (χ0) is 19.1. The van der Waals surface area contributed by atoms with Gasteiger partial charge in [0.1, 0.15) is 11.6 Å². The first-order chi connectivity index (χ1) is 12.4. The van der Waals surface area contributed by atoms with Crippen LogP contribution < -0.4 is 10.5 Å². The first kappa shape index (κ1) is 20.4. The van der Waals surface area contributed by atoms with Gasteiger partial charge < -0.3 is 15.4 Å². The van der Waals surface area contributed by atoms with Crippen LogP contribution in [-0.4, -0.2) is 36.0 Å². The van der Waals surface area contributed by atoms with E-state index in [1.807, 2.05) is 49.4 Å². The van der Waals surface area contributed by atoms with Crippen molar-refractivity contribution in [1.82, 2.24) is 4.90 Å². The van der Waals surface area contributed by atoms with Crippen molar-refractivity contribution in [1.29, 1.82) is 0 Å². The van der Waals surface area contributed by atoms with Gasteiger partial charge in [0.05, 0.1) is 5.02 Å². The van der Waals surface area contributed by atoms with E-state index in [0.717, 1.165) is 30.6 Å². The highest BCUT2D eigenvalue weighted by atomic mass is 35.5. The average molecular weight is 390 g/mol. The van der Waals surface area contributed by atoms with Crippen LogP contribution in [0.2, 0.25) is 5.02 Å². The van der Waals surface area contributed by atoms with Gasteiger partial charge in [-0.2, -0.15) is 4.99 Å². The SMILES string of the molecule is CCN(C)CCc1cc(Cl)c(OC(=S)N=C(N)c2ccccc2)cc1C. The van der Waals surface area contributed by atoms with E-state index in [1.54, 1.807) is 0 Å². The molecule has 0 unspecified atom stereocenters. The number of thiocarbonyl (C=S) groups is 1. The Kier molecular flexibility index (Phi) is 7.57. The second-order valence-electron chi connectivity index (χ2n) is 6.09. The molecule has 4 nitrogen and oxygen atoms in total. The maximum Gasteiger partial charge on any atom is 0.290 e. The highest BCUT2D eigenvalue weighted by molar-refractivity contribution is 7.80. The predicted molar refractivity (Wildman–Crippen MR) is 113 cm³/mol. The number of aliphatic imine (C=N–C) groups is 1. The van der Waals surface area contributed by atoms with E-state index in [2.05, 4.69) is 23.9 Å². The molecule has 2 rings (SSSR count). The minimum atomic E-state index is 0.0334. The molecule has 0 heterocycles. The van der Waals surface area contributed by atoms with Gasteiger partial charge in [0.25, 0.3) is 5.17 Å². The number of ether oxygens (including phenoxy) is 1. The third-order valence-corrected chi connectivity index (χ3v) is 4.64. The number of likely N-dealkylation sites (N-methyl/N-ethyl adjacent to an activating group) is 1. The minimum Gasteiger partial charge on any atom is -0.429 e. The van der Waals surface area contributed by atoms with E-state index in [0.29, 0.717) is 16.6 Å². The predicted octanol–water partition coefficient (Wildman–Crippen LogP) is 4.21. The number of rotatable bonds is 6. The summed E-state index contributed by atoms with van der Waals surface area (Å²) in [6.45, 7) is 6.17. The number of benzene rings is 2. The summed E-state index contributed by atoms with van der Waals surface area (Å²) in [6, 6.07) is 13.2. The van der Waals surface area contributed by atoms with Crippen molar-refractivity contribution >= 4 is 34.8 Å². The highest BCUT2D eigenvalue weighted by Gasteiger charge is 2.10. The second kappa shape index (κ2) is 9.67. The first-order valence-electron chi connectivity index (χ1n) is 8.49. The molecule has 2 aromatic carbocycles. The Morgan fingerprint density at radius 2 is 1.96 bits per heavy atom. The van der Waals surface area contributed by atoms with Crippen LogP contribution in [0.1, 0.15) is 23.6 Å². The van der Waals surface area contributed by atoms with Crippen molar-refractivity contribution in [3.63, 3.8) is 0 Å². The summed E-state index contributed by atoms with van der Waals surface area (Å²) in [5.74, 6) is 0.800. The number of amidine groups is 1. The standard InChI is InChI=1S/C20H24ClN3OS/c1-4-24(3)11-10-16-13-17(21)18(12-14(16)2)25-20(26)23-19(22)15-8-6-5-7-9-15/h5-9,12-13H,4,10-11H2,1-3H3,(H2,22,23,26). The zero-order valence-electron chi connectivity index (χ0n) is 15.3. The van der Waals surface area contributed by atoms with Gasteiger partial charge in [0.15, 0.2) is 0 Å². The van der Waals surface area contributed by atoms with Crippen LogP contribution in [0.3, 0.4) is 0 Å². The summed E-state index contributed by atoms with van der Waals surface area (Å²) in [7, 11) is 2.10. The number of nitrogens with zero attached hydrogens (tertiary/aromatic N) is 2. The number of hydrogen-bond acceptors (Lipinski definition) is 3. The van der Waals surface area contributed by atoms with E-state index >= 15 is 0 Å². The minimum absolute atomic E-state index is 0.0334. The molecule has 0 amide bonds. The van der Waals surface area contributed by atoms with Crippen LogP contribution in [0.25, 0.3) is 0 Å². The van der Waals surface area contributed by atoms with Gasteiger partial charge in [0, 0.05) is 12.1 Å². The van der Waals surface area contributed by atoms with E-state index in [-0.39, 0.29) is 5.17 Å². The lowest BCUT2D eigenvalue weighted by Gasteiger charge is -2.16. The summed E-state index contributed by atoms with van der Waals surface area (Å²) in [5, 5.41) is 0.548. The fraction of sp³-hybridized carbons (Fsp3) is 0.300. The summed E-state index contributed by atoms with van der Waals surface area (Å²) in [5.41, 5.74) is 9.06. The monoisotopic (exact) mass is 389 g/mol. The Bertz CT molecular complexity index is 793. The van der Waals surface area contributed by atoms with Crippen molar-refractivity contribution in [2.75, 3.05) is 20.1 Å². The van der Waals surface area contributed by atoms with Gasteiger partial charge in [-0.1, -0.05) is 48.9 Å². The Morgan fingerprint density at radius 1 is 1.27 bits per heavy atom. The molecule has 26 heavy (non-hydrogen) atoms. The van der Waals surface area contributed by atoms with Crippen molar-refractivity contribution < 1.29 is 4.74 Å². The third kappa shape index (κ3) is 5.80. The zero-order valence-corrected chi connectivity index (χ0v) is 16.9. The first-order valence-corrected chi connectivity index (χ1v) is 9.28. The van der Waals surface area contributed by atoms with Gasteiger partial charge in [-0.05, 0) is 62.4 Å². The van der Waals surface area contributed by atoms with E-state index in [4.69, 9.17) is 34.3 Å². The summed E-state index contributed by atoms with van der Waals surface area (Å²) >= 11 is 11.6. The number of hydrogen-bond donors (Lipinski definition) is 1. The molecular formula is C20H24ClN3OS. The quantitative estimate of drug-likeness (QED) is 0.456. The van der Waals surface area contributed by atoms with Gasteiger partial charge in [0.2, 0.25) is 0 Å². The highest BCUT2D eigenvalue weighted by Crippen LogP contribution is 2.29. The fourth-order valence-electron chi connectivity index (χ4n) is 2.40. The number of aryl methyl sites for hydroxylation is 1. The molecule has 2 N–H and O–H groups in total. The maximum atomic E-state index is 6.37. The number of halogens is 1. The summed E-state index contributed by atoms with van der Waals surface area (Å²) < 4.78 is 5.64. The van der Waals surface area contributed by atoms with Crippen molar-refractivity contribution in [3.8, 4) is 5.75 Å². The van der Waals surface area contributed by atoms with E-state index in [1.165, 1.54) is 5.56 Å². The molecule has 0 saturated heterocycles. The van der Waals surface area contributed by atoms with Gasteiger partial charge in [-0.3, -0.25) is 0 Å². The molecule has 2 aromatic rings. The molecule has 0 spiro atoms. The molecule has 6 heteroatoms. The van der Waals surface area contributed by atoms with Gasteiger partial charge in [-0.25, -0.2) is 0 Å². The van der Waals surface area contributed by atoms with E-state index in [9.17, 15) is 0 Å². The smallest absolute Gasteiger partial charge is 0.290 e. The lowest BCUT2D eigenvalue weighted by Crippen LogP contribution is -2.20. The van der Waals surface area contributed by atoms with Crippen LogP contribution in [0, 0.1) is 6.92 Å². The third-order valence-electron chi connectivity index (χ3n) is 4.17. The Balaban J connectivity index is 2.09. The molecule has 0 aliphatic carbocycles. The maximum absolute atomic E-state index is 6.37. The van der Waals surface area contributed by atoms with Crippen LogP contribution in [0.15, 0.2) is 47.5 Å². The van der Waals surface area contributed by atoms with Crippen molar-refractivity contribution in [2.45, 2.75) is 20.3 Å². The van der Waals surface area contributed by atoms with Crippen LogP contribution in [0.4, 0.5) is 0 Å². The lowest BCUT2D eigenvalue weighted by atomic mass is 10.1. The Morgan fingerprint density at radius 3 is 2.62 bits per heavy atom. The molecule has 0 saturated carbocycles. The normalized spacial score (nSPS) is 11.7. The molecule has 0 radical (unpaired) electrons. The molecule has 0 bridgehead atoms. The molecule has 0 aliphatic heterocycles. The van der Waals surface area contributed by atoms with Crippen LogP contribution >= 0.6 is 23.8 Å². The van der Waals surface area contributed by atoms with Crippen molar-refractivity contribution in [3.05, 3.63) is 64.2 Å². The molecule has 138 valence electrons.